The van der Waals surface area contributed by atoms with Crippen molar-refractivity contribution in [3.05, 3.63) is 35.4 Å². The summed E-state index contributed by atoms with van der Waals surface area (Å²) in [5.74, 6) is 0.0678. The third-order valence-corrected chi connectivity index (χ3v) is 3.15. The number of halogens is 1. The number of nitrogens with one attached hydrogen (secondary N) is 1. The molecule has 1 N–H and O–H groups in total. The molecule has 0 saturated heterocycles. The Balaban J connectivity index is 3.97. The van der Waals surface area contributed by atoms with E-state index in [2.05, 4.69) is 27.8 Å². The van der Waals surface area contributed by atoms with Crippen LogP contribution in [0.1, 0.15) is 26.7 Å². The highest BCUT2D eigenvalue weighted by molar-refractivity contribution is 9.11. The first-order valence-electron chi connectivity index (χ1n) is 5.95. The van der Waals surface area contributed by atoms with Crippen molar-refractivity contribution in [1.82, 2.24) is 5.32 Å². The Labute approximate surface area is 117 Å². The number of hydrogen-bond acceptors (Lipinski definition) is 2. The molecule has 3 nitrogen and oxygen atoms in total. The van der Waals surface area contributed by atoms with E-state index in [9.17, 15) is 9.59 Å². The lowest BCUT2D eigenvalue weighted by Crippen LogP contribution is -2.25. The second kappa shape index (κ2) is 9.83. The number of ketones is 1. The SMILES string of the molecule is C=C/C(Br)=C\C=C\C(=O)NCCC(CC)C(C)=O. The normalized spacial score (nSPS) is 13.4. The standard InChI is InChI=1S/C14H20BrNO2/c1-4-12(11(3)17)9-10-16-14(18)8-6-7-13(15)5-2/h5-8,12H,2,4,9-10H2,1,3H3,(H,16,18)/b8-6+,13-7+. The molecule has 0 radical (unpaired) electrons. The summed E-state index contributed by atoms with van der Waals surface area (Å²) in [5.41, 5.74) is 0. The quantitative estimate of drug-likeness (QED) is 0.553. The van der Waals surface area contributed by atoms with Crippen LogP contribution in [0.15, 0.2) is 35.4 Å². The summed E-state index contributed by atoms with van der Waals surface area (Å²) in [4.78, 5) is 22.6. The summed E-state index contributed by atoms with van der Waals surface area (Å²) in [5, 5.41) is 2.75. The minimum atomic E-state index is -0.158. The highest BCUT2D eigenvalue weighted by Crippen LogP contribution is 2.08. The van der Waals surface area contributed by atoms with Crippen LogP contribution in [-0.2, 0) is 9.59 Å². The molecule has 0 aliphatic carbocycles. The highest BCUT2D eigenvalue weighted by Gasteiger charge is 2.10. The van der Waals surface area contributed by atoms with Gasteiger partial charge in [-0.1, -0.05) is 41.6 Å². The molecule has 0 spiro atoms. The minimum Gasteiger partial charge on any atom is -0.353 e. The predicted octanol–water partition coefficient (Wildman–Crippen LogP) is 3.13. The van der Waals surface area contributed by atoms with Crippen molar-refractivity contribution < 1.29 is 9.59 Å². The van der Waals surface area contributed by atoms with E-state index in [1.54, 1.807) is 25.2 Å². The maximum atomic E-state index is 11.4. The predicted molar refractivity (Wildman–Crippen MR) is 78.4 cm³/mol. The second-order valence-corrected chi connectivity index (χ2v) is 4.83. The Bertz CT molecular complexity index is 359. The fourth-order valence-corrected chi connectivity index (χ4v) is 1.57. The molecule has 4 heteroatoms. The number of hydrogen-bond donors (Lipinski definition) is 1. The van der Waals surface area contributed by atoms with Gasteiger partial charge in [0.25, 0.3) is 0 Å². The number of allylic oxidation sites excluding steroid dienone is 4. The van der Waals surface area contributed by atoms with Gasteiger partial charge in [-0.05, 0) is 25.8 Å². The van der Waals surface area contributed by atoms with Crippen LogP contribution in [0.2, 0.25) is 0 Å². The Morgan fingerprint density at radius 3 is 2.61 bits per heavy atom. The van der Waals surface area contributed by atoms with E-state index < -0.39 is 0 Å². The molecule has 0 bridgehead atoms. The lowest BCUT2D eigenvalue weighted by Gasteiger charge is -2.10. The zero-order valence-corrected chi connectivity index (χ0v) is 12.5. The Morgan fingerprint density at radius 1 is 1.44 bits per heavy atom. The molecule has 0 aromatic rings. The maximum absolute atomic E-state index is 11.4. The van der Waals surface area contributed by atoms with Crippen molar-refractivity contribution in [2.75, 3.05) is 6.54 Å². The van der Waals surface area contributed by atoms with Crippen molar-refractivity contribution in [3.63, 3.8) is 0 Å². The summed E-state index contributed by atoms with van der Waals surface area (Å²) in [7, 11) is 0. The fraction of sp³-hybridized carbons (Fsp3) is 0.429. The minimum absolute atomic E-state index is 0.0454. The highest BCUT2D eigenvalue weighted by atomic mass is 79.9. The van der Waals surface area contributed by atoms with Crippen LogP contribution in [0.25, 0.3) is 0 Å². The maximum Gasteiger partial charge on any atom is 0.243 e. The van der Waals surface area contributed by atoms with E-state index >= 15 is 0 Å². The van der Waals surface area contributed by atoms with Crippen LogP contribution in [-0.4, -0.2) is 18.2 Å². The van der Waals surface area contributed by atoms with Gasteiger partial charge in [-0.15, -0.1) is 0 Å². The molecule has 0 heterocycles. The average molecular weight is 314 g/mol. The summed E-state index contributed by atoms with van der Waals surface area (Å²) < 4.78 is 0.814. The van der Waals surface area contributed by atoms with Gasteiger partial charge in [0.15, 0.2) is 0 Å². The van der Waals surface area contributed by atoms with Crippen LogP contribution in [0, 0.1) is 5.92 Å². The van der Waals surface area contributed by atoms with E-state index in [0.717, 1.165) is 10.9 Å². The third-order valence-electron chi connectivity index (χ3n) is 2.56. The summed E-state index contributed by atoms with van der Waals surface area (Å²) in [6.45, 7) is 7.66. The Morgan fingerprint density at radius 2 is 2.11 bits per heavy atom. The van der Waals surface area contributed by atoms with Gasteiger partial charge in [0.2, 0.25) is 5.91 Å². The van der Waals surface area contributed by atoms with Gasteiger partial charge in [0.1, 0.15) is 5.78 Å². The van der Waals surface area contributed by atoms with Gasteiger partial charge >= 0.3 is 0 Å². The summed E-state index contributed by atoms with van der Waals surface area (Å²) in [6, 6.07) is 0. The van der Waals surface area contributed by atoms with E-state index in [1.807, 2.05) is 6.92 Å². The van der Waals surface area contributed by atoms with Crippen LogP contribution in [0.3, 0.4) is 0 Å². The smallest absolute Gasteiger partial charge is 0.243 e. The molecule has 1 amide bonds. The van der Waals surface area contributed by atoms with Gasteiger partial charge in [-0.3, -0.25) is 9.59 Å². The number of carbonyl (C=O) groups excluding carboxylic acids is 2. The van der Waals surface area contributed by atoms with E-state index in [4.69, 9.17) is 0 Å². The van der Waals surface area contributed by atoms with Gasteiger partial charge in [0.05, 0.1) is 0 Å². The van der Waals surface area contributed by atoms with E-state index in [1.165, 1.54) is 6.08 Å². The monoisotopic (exact) mass is 313 g/mol. The first kappa shape index (κ1) is 16.8. The molecule has 1 unspecified atom stereocenters. The molecule has 0 aromatic heterocycles. The molecule has 0 rings (SSSR count). The molecular weight excluding hydrogens is 294 g/mol. The van der Waals surface area contributed by atoms with Gasteiger partial charge in [-0.2, -0.15) is 0 Å². The topological polar surface area (TPSA) is 46.2 Å². The van der Waals surface area contributed by atoms with Crippen LogP contribution in [0.5, 0.6) is 0 Å². The van der Waals surface area contributed by atoms with Crippen molar-refractivity contribution >= 4 is 27.6 Å². The van der Waals surface area contributed by atoms with E-state index in [0.29, 0.717) is 13.0 Å². The number of amides is 1. The first-order chi connectivity index (χ1) is 8.51. The fourth-order valence-electron chi connectivity index (χ4n) is 1.42. The molecule has 0 aliphatic rings. The number of rotatable bonds is 8. The molecule has 100 valence electrons. The van der Waals surface area contributed by atoms with Crippen molar-refractivity contribution in [1.29, 1.82) is 0 Å². The molecule has 18 heavy (non-hydrogen) atoms. The molecule has 0 aliphatic heterocycles. The van der Waals surface area contributed by atoms with Crippen molar-refractivity contribution in [3.8, 4) is 0 Å². The molecule has 0 fully saturated rings. The van der Waals surface area contributed by atoms with Crippen LogP contribution < -0.4 is 5.32 Å². The van der Waals surface area contributed by atoms with Gasteiger partial charge in [-0.25, -0.2) is 0 Å². The molecular formula is C14H20BrNO2. The van der Waals surface area contributed by atoms with Crippen LogP contribution in [0.4, 0.5) is 0 Å². The largest absolute Gasteiger partial charge is 0.353 e. The van der Waals surface area contributed by atoms with E-state index in [-0.39, 0.29) is 17.6 Å². The Hall–Kier alpha value is -1.16. The lowest BCUT2D eigenvalue weighted by molar-refractivity contribution is -0.121. The van der Waals surface area contributed by atoms with Crippen molar-refractivity contribution in [2.45, 2.75) is 26.7 Å². The third kappa shape index (κ3) is 8.01. The van der Waals surface area contributed by atoms with Crippen molar-refractivity contribution in [2.24, 2.45) is 5.92 Å². The average Bonchev–Trinajstić information content (AvgIpc) is 2.33. The summed E-state index contributed by atoms with van der Waals surface area (Å²) >= 11 is 3.25. The summed E-state index contributed by atoms with van der Waals surface area (Å²) in [6.07, 6.45) is 7.97. The molecule has 0 saturated carbocycles. The Kier molecular flexibility index (Phi) is 9.19. The lowest BCUT2D eigenvalue weighted by atomic mass is 9.98. The molecule has 1 atom stereocenters. The van der Waals surface area contributed by atoms with Gasteiger partial charge < -0.3 is 5.32 Å². The molecule has 0 aromatic carbocycles. The van der Waals surface area contributed by atoms with Gasteiger partial charge in [0, 0.05) is 23.0 Å². The van der Waals surface area contributed by atoms with Crippen LogP contribution >= 0.6 is 15.9 Å². The zero-order valence-electron chi connectivity index (χ0n) is 10.9. The number of carbonyl (C=O) groups is 2. The second-order valence-electron chi connectivity index (χ2n) is 3.91. The number of Topliss-reactive ketones (excluding diaryl/α,β-unsaturated/α-hetero) is 1. The zero-order chi connectivity index (χ0) is 14.0. The first-order valence-corrected chi connectivity index (χ1v) is 6.75.